The minimum Gasteiger partial charge on any atom is -0.378 e. The number of nitrogens with zero attached hydrogens (tertiary/aromatic N) is 4. The molecule has 0 aromatic carbocycles. The Morgan fingerprint density at radius 2 is 1.92 bits per heavy atom. The first kappa shape index (κ1) is 17.3. The highest BCUT2D eigenvalue weighted by molar-refractivity contribution is 5.81. The van der Waals surface area contributed by atoms with Gasteiger partial charge in [0, 0.05) is 57.7 Å². The van der Waals surface area contributed by atoms with Gasteiger partial charge in [0.05, 0.1) is 19.3 Å². The van der Waals surface area contributed by atoms with E-state index in [2.05, 4.69) is 27.8 Å². The summed E-state index contributed by atoms with van der Waals surface area (Å²) in [5, 5.41) is 0. The van der Waals surface area contributed by atoms with Gasteiger partial charge in [0.25, 0.3) is 0 Å². The molecule has 1 amide bonds. The molecule has 0 saturated carbocycles. The third-order valence-corrected chi connectivity index (χ3v) is 5.15. The molecule has 0 spiro atoms. The summed E-state index contributed by atoms with van der Waals surface area (Å²) in [5.74, 6) is 0.245. The van der Waals surface area contributed by atoms with Crippen LogP contribution in [0.15, 0.2) is 18.3 Å². The molecule has 2 aliphatic rings. The number of ether oxygens (including phenoxy) is 1. The van der Waals surface area contributed by atoms with E-state index in [-0.39, 0.29) is 11.9 Å². The molecule has 0 radical (unpaired) electrons. The molecule has 6 nitrogen and oxygen atoms in total. The van der Waals surface area contributed by atoms with Gasteiger partial charge in [0.15, 0.2) is 0 Å². The Morgan fingerprint density at radius 1 is 1.21 bits per heavy atom. The minimum atomic E-state index is -0.0367. The number of hydrogen-bond acceptors (Lipinski definition) is 5. The van der Waals surface area contributed by atoms with Crippen LogP contribution in [-0.4, -0.2) is 84.1 Å². The third kappa shape index (κ3) is 4.12. The van der Waals surface area contributed by atoms with E-state index in [9.17, 15) is 4.79 Å². The lowest BCUT2D eigenvalue weighted by molar-refractivity contribution is -0.141. The molecule has 2 aliphatic heterocycles. The molecule has 3 heterocycles. The molecule has 132 valence electrons. The summed E-state index contributed by atoms with van der Waals surface area (Å²) in [6.45, 7) is 11.7. The third-order valence-electron chi connectivity index (χ3n) is 5.15. The van der Waals surface area contributed by atoms with Gasteiger partial charge in [-0.2, -0.15) is 0 Å². The van der Waals surface area contributed by atoms with Gasteiger partial charge in [0.2, 0.25) is 5.91 Å². The Bertz CT molecular complexity index is 552. The van der Waals surface area contributed by atoms with E-state index in [1.807, 2.05) is 24.1 Å². The summed E-state index contributed by atoms with van der Waals surface area (Å²) in [5.41, 5.74) is 2.40. The summed E-state index contributed by atoms with van der Waals surface area (Å²) in [7, 11) is 0. The largest absolute Gasteiger partial charge is 0.378 e. The van der Waals surface area contributed by atoms with Crippen LogP contribution >= 0.6 is 0 Å². The van der Waals surface area contributed by atoms with E-state index in [0.717, 1.165) is 51.5 Å². The van der Waals surface area contributed by atoms with Crippen LogP contribution in [0.3, 0.4) is 0 Å². The van der Waals surface area contributed by atoms with Gasteiger partial charge in [-0.15, -0.1) is 0 Å². The Morgan fingerprint density at radius 3 is 2.58 bits per heavy atom. The highest BCUT2D eigenvalue weighted by Gasteiger charge is 2.29. The number of hydrogen-bond donors (Lipinski definition) is 0. The molecule has 24 heavy (non-hydrogen) atoms. The van der Waals surface area contributed by atoms with Crippen LogP contribution < -0.4 is 0 Å². The number of piperazine rings is 1. The van der Waals surface area contributed by atoms with Crippen molar-refractivity contribution in [2.45, 2.75) is 26.4 Å². The fraction of sp³-hybridized carbons (Fsp3) is 0.667. The van der Waals surface area contributed by atoms with Gasteiger partial charge >= 0.3 is 0 Å². The predicted molar refractivity (Wildman–Crippen MR) is 92.7 cm³/mol. The molecule has 2 fully saturated rings. The Labute approximate surface area is 144 Å². The zero-order valence-electron chi connectivity index (χ0n) is 14.8. The maximum absolute atomic E-state index is 12.6. The summed E-state index contributed by atoms with van der Waals surface area (Å²) in [6.07, 6.45) is 1.84. The fourth-order valence-electron chi connectivity index (χ4n) is 3.44. The smallest absolute Gasteiger partial charge is 0.239 e. The van der Waals surface area contributed by atoms with E-state index in [0.29, 0.717) is 13.2 Å². The first-order valence-corrected chi connectivity index (χ1v) is 8.88. The second kappa shape index (κ2) is 8.05. The van der Waals surface area contributed by atoms with E-state index in [1.54, 1.807) is 0 Å². The Balaban J connectivity index is 1.49. The number of carbonyl (C=O) groups is 1. The van der Waals surface area contributed by atoms with Crippen LogP contribution in [0.5, 0.6) is 0 Å². The second-order valence-electron chi connectivity index (χ2n) is 6.67. The predicted octanol–water partition coefficient (Wildman–Crippen LogP) is 0.755. The van der Waals surface area contributed by atoms with Crippen molar-refractivity contribution in [1.82, 2.24) is 19.7 Å². The fourth-order valence-corrected chi connectivity index (χ4v) is 3.44. The maximum Gasteiger partial charge on any atom is 0.239 e. The molecule has 3 rings (SSSR count). The van der Waals surface area contributed by atoms with Gasteiger partial charge in [-0.3, -0.25) is 19.6 Å². The molecular weight excluding hydrogens is 304 g/mol. The number of amides is 1. The van der Waals surface area contributed by atoms with Crippen LogP contribution in [0.2, 0.25) is 0 Å². The van der Waals surface area contributed by atoms with Crippen molar-refractivity contribution in [2.24, 2.45) is 0 Å². The number of carbonyl (C=O) groups excluding carboxylic acids is 1. The number of rotatable bonds is 4. The van der Waals surface area contributed by atoms with Gasteiger partial charge in [0.1, 0.15) is 0 Å². The highest BCUT2D eigenvalue weighted by Crippen LogP contribution is 2.14. The lowest BCUT2D eigenvalue weighted by atomic mass is 10.1. The number of pyridine rings is 1. The molecular formula is C18H28N4O2. The van der Waals surface area contributed by atoms with Gasteiger partial charge < -0.3 is 9.64 Å². The van der Waals surface area contributed by atoms with E-state index < -0.39 is 0 Å². The van der Waals surface area contributed by atoms with Crippen molar-refractivity contribution in [3.05, 3.63) is 29.6 Å². The van der Waals surface area contributed by atoms with Crippen LogP contribution in [0.25, 0.3) is 0 Å². The van der Waals surface area contributed by atoms with Crippen molar-refractivity contribution >= 4 is 5.91 Å². The van der Waals surface area contributed by atoms with Crippen molar-refractivity contribution in [3.8, 4) is 0 Å². The van der Waals surface area contributed by atoms with Crippen LogP contribution in [-0.2, 0) is 16.1 Å². The van der Waals surface area contributed by atoms with Crippen molar-refractivity contribution in [2.75, 3.05) is 52.5 Å². The van der Waals surface area contributed by atoms with E-state index >= 15 is 0 Å². The normalized spacial score (nSPS) is 21.7. The Kier molecular flexibility index (Phi) is 5.81. The van der Waals surface area contributed by atoms with Gasteiger partial charge in [-0.1, -0.05) is 6.07 Å². The average Bonchev–Trinajstić information content (AvgIpc) is 2.64. The lowest BCUT2D eigenvalue weighted by Gasteiger charge is -2.39. The summed E-state index contributed by atoms with van der Waals surface area (Å²) in [4.78, 5) is 23.7. The molecule has 1 unspecified atom stereocenters. The second-order valence-corrected chi connectivity index (χ2v) is 6.67. The molecule has 0 bridgehead atoms. The van der Waals surface area contributed by atoms with E-state index in [4.69, 9.17) is 4.74 Å². The van der Waals surface area contributed by atoms with Gasteiger partial charge in [-0.05, 0) is 25.5 Å². The van der Waals surface area contributed by atoms with Crippen LogP contribution in [0.1, 0.15) is 18.2 Å². The zero-order chi connectivity index (χ0) is 16.9. The highest BCUT2D eigenvalue weighted by atomic mass is 16.5. The van der Waals surface area contributed by atoms with E-state index in [1.165, 1.54) is 5.56 Å². The molecule has 6 heteroatoms. The van der Waals surface area contributed by atoms with Crippen molar-refractivity contribution in [1.29, 1.82) is 0 Å². The summed E-state index contributed by atoms with van der Waals surface area (Å²) < 4.78 is 5.34. The van der Waals surface area contributed by atoms with Crippen molar-refractivity contribution in [3.63, 3.8) is 0 Å². The van der Waals surface area contributed by atoms with Gasteiger partial charge in [-0.25, -0.2) is 0 Å². The number of aryl methyl sites for hydroxylation is 1. The number of aromatic nitrogens is 1. The standard InChI is InChI=1S/C18H28N4O2/c1-15-17(4-3-5-19-15)14-20-6-8-21(9-7-20)16(2)18(23)22-10-12-24-13-11-22/h3-5,16H,6-14H2,1-2H3. The number of morpholine rings is 1. The molecule has 2 saturated heterocycles. The summed E-state index contributed by atoms with van der Waals surface area (Å²) in [6, 6.07) is 4.12. The molecule has 1 aromatic rings. The molecule has 1 aromatic heterocycles. The maximum atomic E-state index is 12.6. The van der Waals surface area contributed by atoms with Crippen LogP contribution in [0.4, 0.5) is 0 Å². The lowest BCUT2D eigenvalue weighted by Crippen LogP contribution is -2.55. The summed E-state index contributed by atoms with van der Waals surface area (Å²) >= 11 is 0. The quantitative estimate of drug-likeness (QED) is 0.815. The van der Waals surface area contributed by atoms with Crippen molar-refractivity contribution < 1.29 is 9.53 Å². The first-order valence-electron chi connectivity index (χ1n) is 8.88. The monoisotopic (exact) mass is 332 g/mol. The average molecular weight is 332 g/mol. The van der Waals surface area contributed by atoms with Crippen LogP contribution in [0, 0.1) is 6.92 Å². The topological polar surface area (TPSA) is 48.9 Å². The zero-order valence-corrected chi connectivity index (χ0v) is 14.8. The molecule has 0 aliphatic carbocycles. The minimum absolute atomic E-state index is 0.0367. The molecule has 1 atom stereocenters. The molecule has 0 N–H and O–H groups in total. The SMILES string of the molecule is Cc1ncccc1CN1CCN(C(C)C(=O)N2CCOCC2)CC1. The first-order chi connectivity index (χ1) is 11.6. The Hall–Kier alpha value is -1.50.